The minimum atomic E-state index is -0.401. The van der Waals surface area contributed by atoms with Gasteiger partial charge in [-0.15, -0.1) is 0 Å². The van der Waals surface area contributed by atoms with Gasteiger partial charge in [-0.05, 0) is 6.07 Å². The van der Waals surface area contributed by atoms with Crippen LogP contribution in [0.15, 0.2) is 17.1 Å². The fourth-order valence-electron chi connectivity index (χ4n) is 0.657. The number of nitrogens with two attached hydrogens (primary N) is 1. The topological polar surface area (TPSA) is 82.7 Å². The highest BCUT2D eigenvalue weighted by atomic mass is 35.5. The van der Waals surface area contributed by atoms with E-state index in [2.05, 4.69) is 4.98 Å². The Morgan fingerprint density at radius 2 is 2.36 bits per heavy atom. The Balaban J connectivity index is 3.35. The van der Waals surface area contributed by atoms with Gasteiger partial charge in [0.05, 0.1) is 10.6 Å². The third-order valence-corrected chi connectivity index (χ3v) is 1.38. The summed E-state index contributed by atoms with van der Waals surface area (Å²) in [4.78, 5) is 13.2. The van der Waals surface area contributed by atoms with Gasteiger partial charge in [-0.25, -0.2) is 0 Å². The Hall–Kier alpha value is -1.29. The molecular weight excluding hydrogens is 166 g/mol. The largest absolute Gasteiger partial charge is 0.384 e. The second kappa shape index (κ2) is 2.75. The van der Waals surface area contributed by atoms with E-state index in [0.29, 0.717) is 5.02 Å². The molecule has 0 aromatic carbocycles. The Morgan fingerprint density at radius 3 is 2.82 bits per heavy atom. The SMILES string of the molecule is N=C(N)c1cc(Cl)c[nH]c1=O. The molecule has 5 heteroatoms. The van der Waals surface area contributed by atoms with Crippen molar-refractivity contribution in [2.75, 3.05) is 0 Å². The summed E-state index contributed by atoms with van der Waals surface area (Å²) in [5.41, 5.74) is 4.78. The molecule has 1 aromatic rings. The van der Waals surface area contributed by atoms with Gasteiger partial charge in [-0.1, -0.05) is 11.6 Å². The molecule has 0 atom stereocenters. The predicted molar refractivity (Wildman–Crippen MR) is 43.1 cm³/mol. The first-order valence-electron chi connectivity index (χ1n) is 2.84. The van der Waals surface area contributed by atoms with Gasteiger partial charge in [-0.3, -0.25) is 10.2 Å². The van der Waals surface area contributed by atoms with Gasteiger partial charge in [0.2, 0.25) is 0 Å². The van der Waals surface area contributed by atoms with Crippen LogP contribution in [-0.4, -0.2) is 10.8 Å². The number of hydrogen-bond donors (Lipinski definition) is 3. The lowest BCUT2D eigenvalue weighted by molar-refractivity contribution is 1.21. The molecule has 0 spiro atoms. The van der Waals surface area contributed by atoms with E-state index in [1.54, 1.807) is 0 Å². The summed E-state index contributed by atoms with van der Waals surface area (Å²) in [5, 5.41) is 7.33. The first-order valence-corrected chi connectivity index (χ1v) is 3.21. The van der Waals surface area contributed by atoms with Crippen molar-refractivity contribution >= 4 is 17.4 Å². The molecule has 0 fully saturated rings. The number of halogens is 1. The molecule has 1 aromatic heterocycles. The highest BCUT2D eigenvalue weighted by Gasteiger charge is 2.02. The molecule has 0 saturated carbocycles. The van der Waals surface area contributed by atoms with Gasteiger partial charge in [-0.2, -0.15) is 0 Å². The maximum absolute atomic E-state index is 10.9. The number of rotatable bonds is 1. The third kappa shape index (κ3) is 1.59. The summed E-state index contributed by atoms with van der Waals surface area (Å²) in [6, 6.07) is 1.35. The van der Waals surface area contributed by atoms with Gasteiger partial charge in [0.15, 0.2) is 0 Å². The maximum atomic E-state index is 10.9. The van der Waals surface area contributed by atoms with Gasteiger partial charge in [0.1, 0.15) is 5.84 Å². The minimum absolute atomic E-state index is 0.0949. The summed E-state index contributed by atoms with van der Waals surface area (Å²) in [7, 11) is 0. The van der Waals surface area contributed by atoms with E-state index < -0.39 is 5.56 Å². The van der Waals surface area contributed by atoms with Crippen LogP contribution in [0.4, 0.5) is 0 Å². The van der Waals surface area contributed by atoms with Gasteiger partial charge in [0.25, 0.3) is 5.56 Å². The summed E-state index contributed by atoms with van der Waals surface area (Å²) < 4.78 is 0. The molecule has 0 unspecified atom stereocenters. The zero-order valence-electron chi connectivity index (χ0n) is 5.52. The zero-order valence-corrected chi connectivity index (χ0v) is 6.27. The summed E-state index contributed by atoms with van der Waals surface area (Å²) in [6.07, 6.45) is 1.34. The van der Waals surface area contributed by atoms with Gasteiger partial charge in [0, 0.05) is 6.20 Å². The summed E-state index contributed by atoms with van der Waals surface area (Å²) >= 11 is 5.54. The molecule has 1 rings (SSSR count). The molecule has 0 aliphatic carbocycles. The Morgan fingerprint density at radius 1 is 1.73 bits per heavy atom. The van der Waals surface area contributed by atoms with Crippen LogP contribution in [0.5, 0.6) is 0 Å². The Kier molecular flexibility index (Phi) is 1.96. The van der Waals surface area contributed by atoms with Crippen LogP contribution in [-0.2, 0) is 0 Å². The second-order valence-electron chi connectivity index (χ2n) is 1.97. The second-order valence-corrected chi connectivity index (χ2v) is 2.41. The van der Waals surface area contributed by atoms with Crippen LogP contribution in [0.1, 0.15) is 5.56 Å². The van der Waals surface area contributed by atoms with E-state index in [9.17, 15) is 4.79 Å². The molecule has 58 valence electrons. The van der Waals surface area contributed by atoms with E-state index in [1.807, 2.05) is 0 Å². The van der Waals surface area contributed by atoms with E-state index in [-0.39, 0.29) is 11.4 Å². The predicted octanol–water partition coefficient (Wildman–Crippen LogP) is 0.312. The molecule has 0 aliphatic heterocycles. The lowest BCUT2D eigenvalue weighted by Gasteiger charge is -1.95. The fraction of sp³-hybridized carbons (Fsp3) is 0. The van der Waals surface area contributed by atoms with E-state index in [0.717, 1.165) is 0 Å². The zero-order chi connectivity index (χ0) is 8.43. The van der Waals surface area contributed by atoms with Crippen LogP contribution in [0.25, 0.3) is 0 Å². The van der Waals surface area contributed by atoms with Crippen LogP contribution >= 0.6 is 11.6 Å². The van der Waals surface area contributed by atoms with Crippen LogP contribution in [0.3, 0.4) is 0 Å². The van der Waals surface area contributed by atoms with Crippen molar-refractivity contribution < 1.29 is 0 Å². The fourth-order valence-corrected chi connectivity index (χ4v) is 0.821. The first-order chi connectivity index (χ1) is 5.11. The molecule has 0 amide bonds. The number of amidine groups is 1. The van der Waals surface area contributed by atoms with Gasteiger partial charge < -0.3 is 10.7 Å². The number of aromatic nitrogens is 1. The number of pyridine rings is 1. The van der Waals surface area contributed by atoms with Crippen LogP contribution < -0.4 is 11.3 Å². The molecular formula is C6H6ClN3O. The molecule has 0 bridgehead atoms. The van der Waals surface area contributed by atoms with Crippen molar-refractivity contribution in [2.45, 2.75) is 0 Å². The van der Waals surface area contributed by atoms with E-state index in [1.165, 1.54) is 12.3 Å². The minimum Gasteiger partial charge on any atom is -0.384 e. The van der Waals surface area contributed by atoms with Crippen molar-refractivity contribution in [1.82, 2.24) is 4.98 Å². The maximum Gasteiger partial charge on any atom is 0.259 e. The smallest absolute Gasteiger partial charge is 0.259 e. The normalized spacial score (nSPS) is 9.55. The number of hydrogen-bond acceptors (Lipinski definition) is 2. The molecule has 0 radical (unpaired) electrons. The average Bonchev–Trinajstić information content (AvgIpc) is 1.94. The first kappa shape index (κ1) is 7.81. The standard InChI is InChI=1S/C6H6ClN3O/c7-3-1-4(5(8)9)6(11)10-2-3/h1-2H,(H3,8,9)(H,10,11). The lowest BCUT2D eigenvalue weighted by atomic mass is 10.2. The summed E-state index contributed by atoms with van der Waals surface area (Å²) in [6.45, 7) is 0. The lowest BCUT2D eigenvalue weighted by Crippen LogP contribution is -2.22. The van der Waals surface area contributed by atoms with Crippen LogP contribution in [0, 0.1) is 5.41 Å². The number of nitrogen functional groups attached to an aromatic ring is 1. The Labute approximate surface area is 67.5 Å². The molecule has 0 saturated heterocycles. The number of nitrogens with one attached hydrogen (secondary N) is 2. The molecule has 11 heavy (non-hydrogen) atoms. The Bertz CT molecular complexity index is 344. The molecule has 4 N–H and O–H groups in total. The number of H-pyrrole nitrogens is 1. The van der Waals surface area contributed by atoms with Crippen molar-refractivity contribution in [3.05, 3.63) is 33.2 Å². The van der Waals surface area contributed by atoms with Crippen molar-refractivity contribution in [3.8, 4) is 0 Å². The molecule has 1 heterocycles. The third-order valence-electron chi connectivity index (χ3n) is 1.16. The van der Waals surface area contributed by atoms with Crippen molar-refractivity contribution in [1.29, 1.82) is 5.41 Å². The quantitative estimate of drug-likeness (QED) is 0.420. The van der Waals surface area contributed by atoms with E-state index >= 15 is 0 Å². The molecule has 4 nitrogen and oxygen atoms in total. The van der Waals surface area contributed by atoms with Crippen molar-refractivity contribution in [3.63, 3.8) is 0 Å². The highest BCUT2D eigenvalue weighted by molar-refractivity contribution is 6.30. The molecule has 0 aliphatic rings. The van der Waals surface area contributed by atoms with Crippen molar-refractivity contribution in [2.24, 2.45) is 5.73 Å². The summed E-state index contributed by atoms with van der Waals surface area (Å²) in [5.74, 6) is -0.284. The monoisotopic (exact) mass is 171 g/mol. The highest BCUT2D eigenvalue weighted by Crippen LogP contribution is 2.03. The average molecular weight is 172 g/mol. The van der Waals surface area contributed by atoms with Crippen LogP contribution in [0.2, 0.25) is 5.02 Å². The number of aromatic amines is 1. The van der Waals surface area contributed by atoms with E-state index in [4.69, 9.17) is 22.7 Å². The van der Waals surface area contributed by atoms with Gasteiger partial charge >= 0.3 is 0 Å².